The SMILES string of the molecule is CN1CCN(c2cnn(CC(N)=O)c(=O)c2)CC1. The second-order valence-electron chi connectivity index (χ2n) is 4.47. The number of hydrogen-bond donors (Lipinski definition) is 1. The summed E-state index contributed by atoms with van der Waals surface area (Å²) in [4.78, 5) is 26.8. The maximum absolute atomic E-state index is 11.7. The monoisotopic (exact) mass is 251 g/mol. The van der Waals surface area contributed by atoms with Crippen LogP contribution >= 0.6 is 0 Å². The van der Waals surface area contributed by atoms with Crippen LogP contribution in [0.25, 0.3) is 0 Å². The first-order valence-electron chi connectivity index (χ1n) is 5.85. The molecule has 2 rings (SSSR count). The maximum atomic E-state index is 11.7. The number of primary amides is 1. The molecule has 2 heterocycles. The van der Waals surface area contributed by atoms with Crippen LogP contribution in [-0.2, 0) is 11.3 Å². The molecule has 1 amide bonds. The van der Waals surface area contributed by atoms with Crippen LogP contribution in [0.2, 0.25) is 0 Å². The van der Waals surface area contributed by atoms with Crippen LogP contribution in [0.1, 0.15) is 0 Å². The van der Waals surface area contributed by atoms with Crippen molar-refractivity contribution >= 4 is 11.6 Å². The quantitative estimate of drug-likeness (QED) is 0.705. The highest BCUT2D eigenvalue weighted by atomic mass is 16.2. The van der Waals surface area contributed by atoms with Crippen molar-refractivity contribution in [2.75, 3.05) is 38.1 Å². The molecule has 0 aromatic carbocycles. The highest BCUT2D eigenvalue weighted by Gasteiger charge is 2.15. The Labute approximate surface area is 105 Å². The van der Waals surface area contributed by atoms with Gasteiger partial charge in [-0.25, -0.2) is 4.68 Å². The number of carbonyl (C=O) groups excluding carboxylic acids is 1. The maximum Gasteiger partial charge on any atom is 0.269 e. The molecular weight excluding hydrogens is 234 g/mol. The first-order chi connectivity index (χ1) is 8.56. The minimum Gasteiger partial charge on any atom is -0.368 e. The standard InChI is InChI=1S/C11H17N5O2/c1-14-2-4-15(5-3-14)9-6-11(18)16(13-7-9)8-10(12)17/h6-7H,2-5,8H2,1H3,(H2,12,17). The lowest BCUT2D eigenvalue weighted by molar-refractivity contribution is -0.118. The van der Waals surface area contributed by atoms with Gasteiger partial charge in [0.05, 0.1) is 11.9 Å². The van der Waals surface area contributed by atoms with Gasteiger partial charge in [-0.1, -0.05) is 0 Å². The Bertz CT molecular complexity index is 490. The lowest BCUT2D eigenvalue weighted by Gasteiger charge is -2.33. The number of amides is 1. The summed E-state index contributed by atoms with van der Waals surface area (Å²) in [5, 5.41) is 3.96. The predicted molar refractivity (Wildman–Crippen MR) is 67.4 cm³/mol. The number of nitrogens with two attached hydrogens (primary N) is 1. The van der Waals surface area contributed by atoms with Crippen molar-refractivity contribution in [2.24, 2.45) is 5.73 Å². The van der Waals surface area contributed by atoms with E-state index in [0.717, 1.165) is 36.5 Å². The molecule has 1 aromatic rings. The third-order valence-electron chi connectivity index (χ3n) is 3.03. The highest BCUT2D eigenvalue weighted by molar-refractivity contribution is 5.73. The molecule has 0 radical (unpaired) electrons. The van der Waals surface area contributed by atoms with Crippen molar-refractivity contribution < 1.29 is 4.79 Å². The van der Waals surface area contributed by atoms with E-state index in [2.05, 4.69) is 21.9 Å². The third kappa shape index (κ3) is 2.86. The summed E-state index contributed by atoms with van der Waals surface area (Å²) in [6, 6.07) is 1.50. The van der Waals surface area contributed by atoms with E-state index in [9.17, 15) is 9.59 Å². The molecular formula is C11H17N5O2. The van der Waals surface area contributed by atoms with Crippen LogP contribution in [0.15, 0.2) is 17.1 Å². The second-order valence-corrected chi connectivity index (χ2v) is 4.47. The number of likely N-dealkylation sites (N-methyl/N-ethyl adjacent to an activating group) is 1. The van der Waals surface area contributed by atoms with Crippen molar-refractivity contribution in [3.05, 3.63) is 22.6 Å². The summed E-state index contributed by atoms with van der Waals surface area (Å²) in [7, 11) is 2.07. The Kier molecular flexibility index (Phi) is 3.61. The molecule has 0 atom stereocenters. The van der Waals surface area contributed by atoms with E-state index in [1.54, 1.807) is 6.20 Å². The largest absolute Gasteiger partial charge is 0.368 e. The molecule has 0 spiro atoms. The van der Waals surface area contributed by atoms with Crippen LogP contribution in [-0.4, -0.2) is 53.8 Å². The predicted octanol–water partition coefficient (Wildman–Crippen LogP) is -1.52. The van der Waals surface area contributed by atoms with E-state index in [1.807, 2.05) is 0 Å². The topological polar surface area (TPSA) is 84.5 Å². The summed E-state index contributed by atoms with van der Waals surface area (Å²) < 4.78 is 1.07. The van der Waals surface area contributed by atoms with Crippen molar-refractivity contribution in [1.29, 1.82) is 0 Å². The van der Waals surface area contributed by atoms with Gasteiger partial charge in [0.1, 0.15) is 6.54 Å². The van der Waals surface area contributed by atoms with Gasteiger partial charge in [-0.3, -0.25) is 9.59 Å². The van der Waals surface area contributed by atoms with E-state index in [0.29, 0.717) is 0 Å². The van der Waals surface area contributed by atoms with Gasteiger partial charge in [-0.05, 0) is 7.05 Å². The van der Waals surface area contributed by atoms with E-state index >= 15 is 0 Å². The fourth-order valence-corrected chi connectivity index (χ4v) is 1.93. The van der Waals surface area contributed by atoms with E-state index in [-0.39, 0.29) is 12.1 Å². The van der Waals surface area contributed by atoms with Gasteiger partial charge < -0.3 is 15.5 Å². The molecule has 0 aliphatic carbocycles. The molecule has 98 valence electrons. The Morgan fingerprint density at radius 2 is 2.06 bits per heavy atom. The number of carbonyl (C=O) groups is 1. The summed E-state index contributed by atoms with van der Waals surface area (Å²) in [5.41, 5.74) is 5.53. The Morgan fingerprint density at radius 3 is 2.61 bits per heavy atom. The number of aromatic nitrogens is 2. The van der Waals surface area contributed by atoms with Gasteiger partial charge in [0.25, 0.3) is 5.56 Å². The second kappa shape index (κ2) is 5.18. The van der Waals surface area contributed by atoms with E-state index < -0.39 is 5.91 Å². The molecule has 7 nitrogen and oxygen atoms in total. The Hall–Kier alpha value is -1.89. The molecule has 1 saturated heterocycles. The van der Waals surface area contributed by atoms with Crippen LogP contribution in [0.5, 0.6) is 0 Å². The van der Waals surface area contributed by atoms with Crippen LogP contribution in [0.3, 0.4) is 0 Å². The number of rotatable bonds is 3. The van der Waals surface area contributed by atoms with Gasteiger partial charge in [-0.2, -0.15) is 5.10 Å². The number of piperazine rings is 1. The van der Waals surface area contributed by atoms with Gasteiger partial charge in [-0.15, -0.1) is 0 Å². The van der Waals surface area contributed by atoms with Crippen molar-refractivity contribution in [1.82, 2.24) is 14.7 Å². The fourth-order valence-electron chi connectivity index (χ4n) is 1.93. The molecule has 0 unspecified atom stereocenters. The van der Waals surface area contributed by atoms with Crippen LogP contribution < -0.4 is 16.2 Å². The molecule has 7 heteroatoms. The molecule has 1 fully saturated rings. The normalized spacial score (nSPS) is 16.8. The average molecular weight is 251 g/mol. The lowest BCUT2D eigenvalue weighted by atomic mass is 10.3. The average Bonchev–Trinajstić information content (AvgIpc) is 2.32. The highest BCUT2D eigenvalue weighted by Crippen LogP contribution is 2.11. The molecule has 0 saturated carbocycles. The smallest absolute Gasteiger partial charge is 0.269 e. The van der Waals surface area contributed by atoms with E-state index in [1.165, 1.54) is 6.07 Å². The zero-order chi connectivity index (χ0) is 13.1. The first kappa shape index (κ1) is 12.6. The molecule has 1 aliphatic heterocycles. The summed E-state index contributed by atoms with van der Waals surface area (Å²) >= 11 is 0. The van der Waals surface area contributed by atoms with Crippen LogP contribution in [0, 0.1) is 0 Å². The Balaban J connectivity index is 2.13. The number of hydrogen-bond acceptors (Lipinski definition) is 5. The summed E-state index contributed by atoms with van der Waals surface area (Å²) in [6.07, 6.45) is 1.61. The minimum atomic E-state index is -0.572. The lowest BCUT2D eigenvalue weighted by Crippen LogP contribution is -2.45. The Morgan fingerprint density at radius 1 is 1.39 bits per heavy atom. The molecule has 18 heavy (non-hydrogen) atoms. The summed E-state index contributed by atoms with van der Waals surface area (Å²) in [6.45, 7) is 3.49. The third-order valence-corrected chi connectivity index (χ3v) is 3.03. The number of nitrogens with zero attached hydrogens (tertiary/aromatic N) is 4. The summed E-state index contributed by atoms with van der Waals surface area (Å²) in [5.74, 6) is -0.572. The zero-order valence-corrected chi connectivity index (χ0v) is 10.4. The molecule has 1 aromatic heterocycles. The number of anilines is 1. The van der Waals surface area contributed by atoms with Crippen molar-refractivity contribution in [2.45, 2.75) is 6.54 Å². The fraction of sp³-hybridized carbons (Fsp3) is 0.545. The minimum absolute atomic E-state index is 0.179. The zero-order valence-electron chi connectivity index (χ0n) is 10.4. The van der Waals surface area contributed by atoms with Crippen LogP contribution in [0.4, 0.5) is 5.69 Å². The van der Waals surface area contributed by atoms with Gasteiger partial charge in [0.15, 0.2) is 0 Å². The van der Waals surface area contributed by atoms with Crippen molar-refractivity contribution in [3.8, 4) is 0 Å². The first-order valence-corrected chi connectivity index (χ1v) is 5.85. The van der Waals surface area contributed by atoms with E-state index in [4.69, 9.17) is 5.73 Å². The molecule has 2 N–H and O–H groups in total. The molecule has 1 aliphatic rings. The van der Waals surface area contributed by atoms with Gasteiger partial charge in [0, 0.05) is 32.2 Å². The van der Waals surface area contributed by atoms with Crippen molar-refractivity contribution in [3.63, 3.8) is 0 Å². The van der Waals surface area contributed by atoms with Gasteiger partial charge >= 0.3 is 0 Å². The molecule has 0 bridgehead atoms. The van der Waals surface area contributed by atoms with Gasteiger partial charge in [0.2, 0.25) is 5.91 Å².